The van der Waals surface area contributed by atoms with Crippen LogP contribution in [-0.2, 0) is 4.79 Å². The van der Waals surface area contributed by atoms with Crippen LogP contribution in [-0.4, -0.2) is 20.9 Å². The molecule has 0 fully saturated rings. The summed E-state index contributed by atoms with van der Waals surface area (Å²) >= 11 is 0. The molecule has 0 bridgehead atoms. The van der Waals surface area contributed by atoms with Crippen LogP contribution < -0.4 is 10.6 Å². The number of rotatable bonds is 5. The Morgan fingerprint density at radius 2 is 1.97 bits per heavy atom. The van der Waals surface area contributed by atoms with Gasteiger partial charge in [0.1, 0.15) is 23.4 Å². The quantitative estimate of drug-likeness (QED) is 0.354. The Morgan fingerprint density at radius 3 is 2.87 bits per heavy atom. The second kappa shape index (κ2) is 7.21. The summed E-state index contributed by atoms with van der Waals surface area (Å²) in [7, 11) is 0. The number of carbonyl (C=O) groups is 1. The molecule has 0 aliphatic rings. The predicted octanol–water partition coefficient (Wildman–Crippen LogP) is 5.24. The molecule has 2 aromatic carbocycles. The summed E-state index contributed by atoms with van der Waals surface area (Å²) in [6, 6.07) is 17.4. The summed E-state index contributed by atoms with van der Waals surface area (Å²) in [6.07, 6.45) is 4.42. The lowest BCUT2D eigenvalue weighted by molar-refractivity contribution is -0.111. The lowest BCUT2D eigenvalue weighted by atomic mass is 10.1. The topological polar surface area (TPSA) is 95.8 Å². The average Bonchev–Trinajstić information content (AvgIpc) is 3.40. The number of furan rings is 1. The van der Waals surface area contributed by atoms with E-state index in [-0.39, 0.29) is 5.91 Å². The van der Waals surface area contributed by atoms with Crippen molar-refractivity contribution in [2.45, 2.75) is 0 Å². The third-order valence-corrected chi connectivity index (χ3v) is 4.77. The molecule has 0 radical (unpaired) electrons. The van der Waals surface area contributed by atoms with Crippen LogP contribution in [0.2, 0.25) is 0 Å². The minimum atomic E-state index is -0.263. The zero-order chi connectivity index (χ0) is 20.5. The van der Waals surface area contributed by atoms with Crippen molar-refractivity contribution in [3.63, 3.8) is 0 Å². The molecule has 146 valence electrons. The zero-order valence-corrected chi connectivity index (χ0v) is 15.8. The van der Waals surface area contributed by atoms with Crippen LogP contribution in [0, 0.1) is 0 Å². The lowest BCUT2D eigenvalue weighted by Gasteiger charge is -2.08. The van der Waals surface area contributed by atoms with E-state index in [4.69, 9.17) is 4.42 Å². The Labute approximate surface area is 171 Å². The molecule has 7 heteroatoms. The van der Waals surface area contributed by atoms with E-state index in [9.17, 15) is 4.79 Å². The number of benzene rings is 2. The molecule has 0 aliphatic heterocycles. The highest BCUT2D eigenvalue weighted by molar-refractivity contribution is 5.99. The van der Waals surface area contributed by atoms with Crippen LogP contribution in [0.15, 0.2) is 84.3 Å². The molecule has 0 saturated carbocycles. The molecule has 3 N–H and O–H groups in total. The van der Waals surface area contributed by atoms with Gasteiger partial charge in [0.15, 0.2) is 0 Å². The molecule has 0 atom stereocenters. The van der Waals surface area contributed by atoms with Crippen LogP contribution in [0.5, 0.6) is 0 Å². The maximum absolute atomic E-state index is 11.5. The first-order valence-electron chi connectivity index (χ1n) is 9.31. The number of hydrogen-bond acceptors (Lipinski definition) is 5. The third-order valence-electron chi connectivity index (χ3n) is 4.77. The molecule has 0 spiro atoms. The first-order chi connectivity index (χ1) is 14.7. The number of nitrogens with zero attached hydrogens (tertiary/aromatic N) is 2. The Bertz CT molecular complexity index is 1400. The first-order valence-corrected chi connectivity index (χ1v) is 9.31. The van der Waals surface area contributed by atoms with Crippen molar-refractivity contribution < 1.29 is 9.21 Å². The minimum Gasteiger partial charge on any atom is -0.464 e. The van der Waals surface area contributed by atoms with Crippen molar-refractivity contribution in [1.29, 1.82) is 0 Å². The summed E-state index contributed by atoms with van der Waals surface area (Å²) in [4.78, 5) is 23.7. The van der Waals surface area contributed by atoms with E-state index in [0.717, 1.165) is 38.9 Å². The highest BCUT2D eigenvalue weighted by atomic mass is 16.3. The molecule has 30 heavy (non-hydrogen) atoms. The van der Waals surface area contributed by atoms with Gasteiger partial charge >= 0.3 is 0 Å². The molecular weight excluding hydrogens is 378 g/mol. The fraction of sp³-hybridized carbons (Fsp3) is 0. The summed E-state index contributed by atoms with van der Waals surface area (Å²) in [5.41, 5.74) is 5.00. The normalized spacial score (nSPS) is 10.9. The monoisotopic (exact) mass is 395 g/mol. The van der Waals surface area contributed by atoms with Crippen LogP contribution in [0.4, 0.5) is 17.2 Å². The first kappa shape index (κ1) is 17.7. The maximum atomic E-state index is 11.5. The van der Waals surface area contributed by atoms with E-state index in [1.54, 1.807) is 6.26 Å². The van der Waals surface area contributed by atoms with Crippen molar-refractivity contribution in [2.24, 2.45) is 0 Å². The predicted molar refractivity (Wildman–Crippen MR) is 118 cm³/mol. The van der Waals surface area contributed by atoms with Crippen LogP contribution in [0.25, 0.3) is 33.3 Å². The van der Waals surface area contributed by atoms with Gasteiger partial charge in [0.2, 0.25) is 5.91 Å². The summed E-state index contributed by atoms with van der Waals surface area (Å²) in [5.74, 6) is 0.403. The van der Waals surface area contributed by atoms with Gasteiger partial charge in [-0.3, -0.25) is 4.79 Å². The van der Waals surface area contributed by atoms with E-state index in [0.29, 0.717) is 11.5 Å². The third kappa shape index (κ3) is 3.29. The van der Waals surface area contributed by atoms with E-state index in [1.165, 1.54) is 12.4 Å². The molecular formula is C23H17N5O2. The molecule has 3 aromatic heterocycles. The molecule has 0 saturated heterocycles. The van der Waals surface area contributed by atoms with E-state index < -0.39 is 0 Å². The van der Waals surface area contributed by atoms with Crippen molar-refractivity contribution in [2.75, 3.05) is 10.6 Å². The molecule has 1 amide bonds. The molecule has 7 nitrogen and oxygen atoms in total. The van der Waals surface area contributed by atoms with Crippen molar-refractivity contribution in [3.05, 3.63) is 79.8 Å². The van der Waals surface area contributed by atoms with Crippen molar-refractivity contribution in [3.8, 4) is 11.3 Å². The molecule has 0 unspecified atom stereocenters. The Balaban J connectivity index is 1.49. The number of fused-ring (bicyclic) bond motifs is 2. The summed E-state index contributed by atoms with van der Waals surface area (Å²) in [5, 5.41) is 7.95. The van der Waals surface area contributed by atoms with Crippen LogP contribution >= 0.6 is 0 Å². The number of carbonyl (C=O) groups excluding carboxylic acids is 1. The number of aromatic amines is 1. The smallest absolute Gasteiger partial charge is 0.247 e. The highest BCUT2D eigenvalue weighted by Gasteiger charge is 2.11. The largest absolute Gasteiger partial charge is 0.464 e. The SMILES string of the molecule is C=CC(=O)Nc1cccc(Nc2ncnc3[nH]c(-c4ccc5occc5c4)cc23)c1. The number of aromatic nitrogens is 3. The van der Waals surface area contributed by atoms with Gasteiger partial charge in [0.05, 0.1) is 11.6 Å². The summed E-state index contributed by atoms with van der Waals surface area (Å²) < 4.78 is 5.42. The van der Waals surface area contributed by atoms with Gasteiger partial charge in [-0.1, -0.05) is 12.6 Å². The van der Waals surface area contributed by atoms with Gasteiger partial charge in [0.25, 0.3) is 0 Å². The van der Waals surface area contributed by atoms with Gasteiger partial charge < -0.3 is 20.0 Å². The Kier molecular flexibility index (Phi) is 4.25. The molecule has 3 heterocycles. The molecule has 5 aromatic rings. The standard InChI is InChI=1S/C23H17N5O2/c1-2-21(29)26-16-4-3-5-17(11-16)27-22-18-12-19(28-23(18)25-13-24-22)14-6-7-20-15(10-14)8-9-30-20/h2-13H,1H2,(H,26,29)(H2,24,25,27,28). The van der Waals surface area contributed by atoms with Crippen LogP contribution in [0.3, 0.4) is 0 Å². The zero-order valence-electron chi connectivity index (χ0n) is 15.8. The fourth-order valence-electron chi connectivity index (χ4n) is 3.33. The Morgan fingerprint density at radius 1 is 1.07 bits per heavy atom. The second-order valence-corrected chi connectivity index (χ2v) is 6.74. The van der Waals surface area contributed by atoms with Gasteiger partial charge in [0, 0.05) is 22.5 Å². The maximum Gasteiger partial charge on any atom is 0.247 e. The second-order valence-electron chi connectivity index (χ2n) is 6.74. The van der Waals surface area contributed by atoms with Gasteiger partial charge in [-0.2, -0.15) is 0 Å². The van der Waals surface area contributed by atoms with E-state index in [2.05, 4.69) is 38.2 Å². The number of hydrogen-bond donors (Lipinski definition) is 3. The van der Waals surface area contributed by atoms with Gasteiger partial charge in [-0.15, -0.1) is 0 Å². The van der Waals surface area contributed by atoms with Crippen molar-refractivity contribution in [1.82, 2.24) is 15.0 Å². The van der Waals surface area contributed by atoms with Gasteiger partial charge in [-0.25, -0.2) is 9.97 Å². The average molecular weight is 395 g/mol. The number of H-pyrrole nitrogens is 1. The van der Waals surface area contributed by atoms with E-state index >= 15 is 0 Å². The van der Waals surface area contributed by atoms with Gasteiger partial charge in [-0.05, 0) is 60.2 Å². The Hall–Kier alpha value is -4.39. The minimum absolute atomic E-state index is 0.263. The summed E-state index contributed by atoms with van der Waals surface area (Å²) in [6.45, 7) is 3.47. The highest BCUT2D eigenvalue weighted by Crippen LogP contribution is 2.30. The number of amides is 1. The lowest BCUT2D eigenvalue weighted by Crippen LogP contribution is -2.07. The number of anilines is 3. The number of nitrogens with one attached hydrogen (secondary N) is 3. The fourth-order valence-corrected chi connectivity index (χ4v) is 3.33. The van der Waals surface area contributed by atoms with Crippen LogP contribution in [0.1, 0.15) is 0 Å². The molecule has 5 rings (SSSR count). The van der Waals surface area contributed by atoms with Crippen molar-refractivity contribution >= 4 is 45.1 Å². The molecule has 0 aliphatic carbocycles. The van der Waals surface area contributed by atoms with E-state index in [1.807, 2.05) is 48.5 Å².